The normalized spacial score (nSPS) is 12.1. The monoisotopic (exact) mass is 209 g/mol. The lowest BCUT2D eigenvalue weighted by Gasteiger charge is -2.09. The number of aromatic nitrogens is 1. The Kier molecular flexibility index (Phi) is 4.77. The Hall–Kier alpha value is -1.42. The van der Waals surface area contributed by atoms with E-state index in [9.17, 15) is 9.90 Å². The number of esters is 1. The van der Waals surface area contributed by atoms with E-state index in [1.807, 2.05) is 6.92 Å². The van der Waals surface area contributed by atoms with Gasteiger partial charge in [-0.3, -0.25) is 9.78 Å². The van der Waals surface area contributed by atoms with Crippen molar-refractivity contribution < 1.29 is 14.6 Å². The summed E-state index contributed by atoms with van der Waals surface area (Å²) in [6, 6.07) is 3.45. The Morgan fingerprint density at radius 1 is 1.67 bits per heavy atom. The minimum absolute atomic E-state index is 0.0221. The first-order valence-corrected chi connectivity index (χ1v) is 4.97. The number of carbonyl (C=O) groups is 1. The molecular formula is C11H15NO3. The van der Waals surface area contributed by atoms with E-state index in [1.165, 1.54) is 6.20 Å². The van der Waals surface area contributed by atoms with Crippen LogP contribution in [0.3, 0.4) is 0 Å². The third kappa shape index (κ3) is 4.08. The third-order valence-corrected chi connectivity index (χ3v) is 1.90. The van der Waals surface area contributed by atoms with Gasteiger partial charge in [0.25, 0.3) is 0 Å². The lowest BCUT2D eigenvalue weighted by atomic mass is 10.1. The molecule has 0 radical (unpaired) electrons. The van der Waals surface area contributed by atoms with Crippen molar-refractivity contribution in [2.45, 2.75) is 25.9 Å². The van der Waals surface area contributed by atoms with E-state index >= 15 is 0 Å². The summed E-state index contributed by atoms with van der Waals surface area (Å²) in [5.74, 6) is -0.381. The molecule has 0 saturated carbocycles. The van der Waals surface area contributed by atoms with E-state index in [0.29, 0.717) is 12.2 Å². The highest BCUT2D eigenvalue weighted by atomic mass is 16.5. The maximum atomic E-state index is 11.2. The molecule has 4 nitrogen and oxygen atoms in total. The molecule has 0 bridgehead atoms. The number of rotatable bonds is 5. The first-order chi connectivity index (χ1) is 7.24. The largest absolute Gasteiger partial charge is 0.466 e. The molecule has 4 heteroatoms. The highest BCUT2D eigenvalue weighted by Gasteiger charge is 2.13. The summed E-state index contributed by atoms with van der Waals surface area (Å²) < 4.78 is 4.86. The third-order valence-electron chi connectivity index (χ3n) is 1.90. The molecule has 1 unspecified atom stereocenters. The predicted molar refractivity (Wildman–Crippen MR) is 55.1 cm³/mol. The summed E-state index contributed by atoms with van der Waals surface area (Å²) >= 11 is 0. The number of hydrogen-bond acceptors (Lipinski definition) is 4. The molecule has 0 spiro atoms. The number of nitrogens with zero attached hydrogens (tertiary/aromatic N) is 1. The second-order valence-electron chi connectivity index (χ2n) is 3.23. The van der Waals surface area contributed by atoms with Gasteiger partial charge in [0.05, 0.1) is 19.1 Å². The smallest absolute Gasteiger partial charge is 0.308 e. The quantitative estimate of drug-likeness (QED) is 0.746. The molecule has 0 aliphatic carbocycles. The zero-order valence-electron chi connectivity index (χ0n) is 8.72. The van der Waals surface area contributed by atoms with Crippen molar-refractivity contribution in [3.63, 3.8) is 0 Å². The van der Waals surface area contributed by atoms with Gasteiger partial charge in [0.15, 0.2) is 0 Å². The second-order valence-corrected chi connectivity index (χ2v) is 3.23. The minimum atomic E-state index is -0.831. The summed E-state index contributed by atoms with van der Waals surface area (Å²) in [7, 11) is 0. The summed E-state index contributed by atoms with van der Waals surface area (Å²) in [6.45, 7) is 2.32. The molecule has 15 heavy (non-hydrogen) atoms. The zero-order valence-corrected chi connectivity index (χ0v) is 8.72. The number of carbonyl (C=O) groups excluding carboxylic acids is 1. The standard InChI is InChI=1S/C11H15NO3/c1-2-6-15-11(14)7-10(13)9-4-3-5-12-8-9/h3-5,8,10,13H,2,6-7H2,1H3. The first kappa shape index (κ1) is 11.7. The van der Waals surface area contributed by atoms with Crippen LogP contribution < -0.4 is 0 Å². The van der Waals surface area contributed by atoms with Crippen LogP contribution in [-0.2, 0) is 9.53 Å². The zero-order chi connectivity index (χ0) is 11.1. The first-order valence-electron chi connectivity index (χ1n) is 4.97. The maximum absolute atomic E-state index is 11.2. The molecule has 0 fully saturated rings. The van der Waals surface area contributed by atoms with Crippen LogP contribution in [0.5, 0.6) is 0 Å². The van der Waals surface area contributed by atoms with Gasteiger partial charge in [0.1, 0.15) is 0 Å². The van der Waals surface area contributed by atoms with Gasteiger partial charge in [-0.05, 0) is 18.1 Å². The van der Waals surface area contributed by atoms with Gasteiger partial charge in [-0.15, -0.1) is 0 Å². The Bertz CT molecular complexity index is 300. The van der Waals surface area contributed by atoms with Crippen LogP contribution in [0.4, 0.5) is 0 Å². The summed E-state index contributed by atoms with van der Waals surface area (Å²) in [5, 5.41) is 9.65. The highest BCUT2D eigenvalue weighted by molar-refractivity contribution is 5.70. The molecule has 1 aromatic rings. The van der Waals surface area contributed by atoms with Crippen LogP contribution in [0.25, 0.3) is 0 Å². The molecular weight excluding hydrogens is 194 g/mol. The Morgan fingerprint density at radius 3 is 3.07 bits per heavy atom. The predicted octanol–water partition coefficient (Wildman–Crippen LogP) is 1.46. The topological polar surface area (TPSA) is 59.4 Å². The average Bonchev–Trinajstić information content (AvgIpc) is 2.27. The van der Waals surface area contributed by atoms with Crippen LogP contribution >= 0.6 is 0 Å². The molecule has 0 aliphatic heterocycles. The van der Waals surface area contributed by atoms with Crippen molar-refractivity contribution in [1.29, 1.82) is 0 Å². The van der Waals surface area contributed by atoms with Crippen LogP contribution in [0.2, 0.25) is 0 Å². The molecule has 1 aromatic heterocycles. The van der Waals surface area contributed by atoms with Crippen molar-refractivity contribution in [3.8, 4) is 0 Å². The molecule has 1 atom stereocenters. The number of aliphatic hydroxyl groups is 1. The second kappa shape index (κ2) is 6.14. The number of hydrogen-bond donors (Lipinski definition) is 1. The fourth-order valence-electron chi connectivity index (χ4n) is 1.12. The fourth-order valence-corrected chi connectivity index (χ4v) is 1.12. The van der Waals surface area contributed by atoms with Crippen molar-refractivity contribution in [1.82, 2.24) is 4.98 Å². The van der Waals surface area contributed by atoms with Crippen LogP contribution in [0, 0.1) is 0 Å². The van der Waals surface area contributed by atoms with Gasteiger partial charge in [-0.1, -0.05) is 13.0 Å². The van der Waals surface area contributed by atoms with Crippen LogP contribution in [0.1, 0.15) is 31.4 Å². The van der Waals surface area contributed by atoms with E-state index in [1.54, 1.807) is 18.3 Å². The average molecular weight is 209 g/mol. The van der Waals surface area contributed by atoms with Gasteiger partial charge in [0, 0.05) is 12.4 Å². The summed E-state index contributed by atoms with van der Waals surface area (Å²) in [6.07, 6.45) is 3.09. The Balaban J connectivity index is 2.42. The summed E-state index contributed by atoms with van der Waals surface area (Å²) in [4.78, 5) is 15.0. The van der Waals surface area contributed by atoms with Crippen molar-refractivity contribution >= 4 is 5.97 Å². The van der Waals surface area contributed by atoms with Crippen LogP contribution in [-0.4, -0.2) is 22.7 Å². The van der Waals surface area contributed by atoms with Gasteiger partial charge in [-0.2, -0.15) is 0 Å². The van der Waals surface area contributed by atoms with Crippen molar-refractivity contribution in [3.05, 3.63) is 30.1 Å². The Labute approximate surface area is 88.9 Å². The summed E-state index contributed by atoms with van der Waals surface area (Å²) in [5.41, 5.74) is 0.631. The molecule has 0 aliphatic rings. The SMILES string of the molecule is CCCOC(=O)CC(O)c1cccnc1. The molecule has 1 N–H and O–H groups in total. The molecule has 0 saturated heterocycles. The maximum Gasteiger partial charge on any atom is 0.308 e. The lowest BCUT2D eigenvalue weighted by molar-refractivity contribution is -0.146. The lowest BCUT2D eigenvalue weighted by Crippen LogP contribution is -2.10. The fraction of sp³-hybridized carbons (Fsp3) is 0.455. The number of ether oxygens (including phenoxy) is 1. The highest BCUT2D eigenvalue weighted by Crippen LogP contribution is 2.15. The molecule has 82 valence electrons. The van der Waals surface area contributed by atoms with E-state index in [2.05, 4.69) is 4.98 Å². The van der Waals surface area contributed by atoms with Crippen LogP contribution in [0.15, 0.2) is 24.5 Å². The van der Waals surface area contributed by atoms with E-state index < -0.39 is 6.10 Å². The van der Waals surface area contributed by atoms with E-state index in [0.717, 1.165) is 6.42 Å². The van der Waals surface area contributed by atoms with E-state index in [4.69, 9.17) is 4.74 Å². The number of pyridine rings is 1. The van der Waals surface area contributed by atoms with Gasteiger partial charge in [-0.25, -0.2) is 0 Å². The molecule has 0 amide bonds. The molecule has 1 heterocycles. The van der Waals surface area contributed by atoms with Gasteiger partial charge < -0.3 is 9.84 Å². The van der Waals surface area contributed by atoms with Gasteiger partial charge >= 0.3 is 5.97 Å². The molecule has 0 aromatic carbocycles. The van der Waals surface area contributed by atoms with Crippen molar-refractivity contribution in [2.24, 2.45) is 0 Å². The number of aliphatic hydroxyl groups excluding tert-OH is 1. The molecule has 1 rings (SSSR count). The van der Waals surface area contributed by atoms with Crippen molar-refractivity contribution in [2.75, 3.05) is 6.61 Å². The minimum Gasteiger partial charge on any atom is -0.466 e. The van der Waals surface area contributed by atoms with Gasteiger partial charge in [0.2, 0.25) is 0 Å². The van der Waals surface area contributed by atoms with E-state index in [-0.39, 0.29) is 12.4 Å². The Morgan fingerprint density at radius 2 is 2.47 bits per heavy atom.